The van der Waals surface area contributed by atoms with Crippen LogP contribution in [0, 0.1) is 5.41 Å². The number of hydrogen-bond acceptors (Lipinski definition) is 3. The Kier molecular flexibility index (Phi) is 5.22. The second-order valence-corrected chi connectivity index (χ2v) is 5.13. The van der Waals surface area contributed by atoms with Crippen molar-refractivity contribution in [3.63, 3.8) is 0 Å². The van der Waals surface area contributed by atoms with Crippen molar-refractivity contribution < 1.29 is 9.53 Å². The van der Waals surface area contributed by atoms with Gasteiger partial charge in [0.05, 0.1) is 18.1 Å². The molecule has 100 valence electrons. The zero-order valence-corrected chi connectivity index (χ0v) is 11.3. The first-order chi connectivity index (χ1) is 7.69. The molecule has 2 N–H and O–H groups in total. The SMILES string of the molecule is CN(C(=O)C1(CN)CCCC1)C1CCOC1.Cl. The van der Waals surface area contributed by atoms with Gasteiger partial charge in [-0.05, 0) is 19.3 Å². The van der Waals surface area contributed by atoms with Crippen LogP contribution in [-0.2, 0) is 9.53 Å². The number of hydrogen-bond donors (Lipinski definition) is 1. The molecule has 4 nitrogen and oxygen atoms in total. The van der Waals surface area contributed by atoms with Gasteiger partial charge in [0.15, 0.2) is 0 Å². The standard InChI is InChI=1S/C12H22N2O2.ClH/c1-14(10-4-7-16-8-10)11(15)12(9-13)5-2-3-6-12;/h10H,2-9,13H2,1H3;1H. The molecule has 1 saturated heterocycles. The van der Waals surface area contributed by atoms with Crippen molar-refractivity contribution in [3.05, 3.63) is 0 Å². The van der Waals surface area contributed by atoms with E-state index in [4.69, 9.17) is 10.5 Å². The molecule has 1 amide bonds. The summed E-state index contributed by atoms with van der Waals surface area (Å²) in [5.41, 5.74) is 5.56. The second kappa shape index (κ2) is 6.03. The Labute approximate surface area is 109 Å². The fourth-order valence-electron chi connectivity index (χ4n) is 2.92. The van der Waals surface area contributed by atoms with E-state index in [-0.39, 0.29) is 29.8 Å². The van der Waals surface area contributed by atoms with E-state index < -0.39 is 0 Å². The van der Waals surface area contributed by atoms with Crippen LogP contribution in [-0.4, -0.2) is 43.7 Å². The van der Waals surface area contributed by atoms with Crippen LogP contribution >= 0.6 is 12.4 Å². The number of carbonyl (C=O) groups excluding carboxylic acids is 1. The molecule has 17 heavy (non-hydrogen) atoms. The van der Waals surface area contributed by atoms with Crippen LogP contribution in [0.15, 0.2) is 0 Å². The summed E-state index contributed by atoms with van der Waals surface area (Å²) >= 11 is 0. The van der Waals surface area contributed by atoms with E-state index in [0.717, 1.165) is 38.7 Å². The van der Waals surface area contributed by atoms with E-state index in [1.165, 1.54) is 0 Å². The molecule has 0 aromatic heterocycles. The van der Waals surface area contributed by atoms with Gasteiger partial charge in [0.25, 0.3) is 0 Å². The average Bonchev–Trinajstić information content (AvgIpc) is 2.98. The molecule has 1 aliphatic carbocycles. The highest BCUT2D eigenvalue weighted by molar-refractivity contribution is 5.85. The van der Waals surface area contributed by atoms with Gasteiger partial charge in [-0.1, -0.05) is 12.8 Å². The Hall–Kier alpha value is -0.320. The molecule has 2 rings (SSSR count). The summed E-state index contributed by atoms with van der Waals surface area (Å²) in [7, 11) is 1.90. The van der Waals surface area contributed by atoms with Gasteiger partial charge in [-0.2, -0.15) is 0 Å². The maximum Gasteiger partial charge on any atom is 0.230 e. The minimum absolute atomic E-state index is 0. The molecule has 0 bridgehead atoms. The molecular weight excluding hydrogens is 240 g/mol. The van der Waals surface area contributed by atoms with Gasteiger partial charge >= 0.3 is 0 Å². The Balaban J connectivity index is 0.00000144. The molecule has 5 heteroatoms. The van der Waals surface area contributed by atoms with E-state index in [1.807, 2.05) is 11.9 Å². The first-order valence-electron chi connectivity index (χ1n) is 6.25. The van der Waals surface area contributed by atoms with Crippen LogP contribution in [0.3, 0.4) is 0 Å². The van der Waals surface area contributed by atoms with Crippen molar-refractivity contribution in [1.29, 1.82) is 0 Å². The number of likely N-dealkylation sites (N-methyl/N-ethyl adjacent to an activating group) is 1. The minimum Gasteiger partial charge on any atom is -0.379 e. The van der Waals surface area contributed by atoms with Gasteiger partial charge in [0, 0.05) is 20.2 Å². The van der Waals surface area contributed by atoms with Gasteiger partial charge in [-0.25, -0.2) is 0 Å². The number of nitrogens with zero attached hydrogens (tertiary/aromatic N) is 1. The first-order valence-corrected chi connectivity index (χ1v) is 6.25. The van der Waals surface area contributed by atoms with Crippen molar-refractivity contribution in [2.45, 2.75) is 38.1 Å². The molecule has 2 aliphatic rings. The predicted octanol–water partition coefficient (Wildman–Crippen LogP) is 1.17. The Bertz CT molecular complexity index is 261. The number of amides is 1. The maximum atomic E-state index is 12.5. The van der Waals surface area contributed by atoms with Crippen LogP contribution in [0.4, 0.5) is 0 Å². The van der Waals surface area contributed by atoms with Crippen LogP contribution in [0.1, 0.15) is 32.1 Å². The van der Waals surface area contributed by atoms with Crippen molar-refractivity contribution in [3.8, 4) is 0 Å². The highest BCUT2D eigenvalue weighted by atomic mass is 35.5. The number of halogens is 1. The lowest BCUT2D eigenvalue weighted by Gasteiger charge is -2.34. The molecule has 1 atom stereocenters. The number of rotatable bonds is 3. The molecular formula is C12H23ClN2O2. The molecule has 1 saturated carbocycles. The number of carbonyl (C=O) groups is 1. The fourth-order valence-corrected chi connectivity index (χ4v) is 2.92. The van der Waals surface area contributed by atoms with Gasteiger partial charge < -0.3 is 15.4 Å². The van der Waals surface area contributed by atoms with Crippen LogP contribution in [0.2, 0.25) is 0 Å². The van der Waals surface area contributed by atoms with E-state index >= 15 is 0 Å². The molecule has 0 aromatic rings. The minimum atomic E-state index is -0.267. The quantitative estimate of drug-likeness (QED) is 0.831. The highest BCUT2D eigenvalue weighted by Crippen LogP contribution is 2.39. The summed E-state index contributed by atoms with van der Waals surface area (Å²) in [6, 6.07) is 0.261. The zero-order chi connectivity index (χ0) is 11.6. The Morgan fingerprint density at radius 2 is 2.12 bits per heavy atom. The normalized spacial score (nSPS) is 26.6. The summed E-state index contributed by atoms with van der Waals surface area (Å²) in [5.74, 6) is 0.239. The topological polar surface area (TPSA) is 55.6 Å². The average molecular weight is 263 g/mol. The van der Waals surface area contributed by atoms with Gasteiger partial charge in [0.1, 0.15) is 0 Å². The summed E-state index contributed by atoms with van der Waals surface area (Å²) in [6.45, 7) is 1.95. The van der Waals surface area contributed by atoms with Gasteiger partial charge in [-0.3, -0.25) is 4.79 Å². The molecule has 0 spiro atoms. The Morgan fingerprint density at radius 3 is 2.59 bits per heavy atom. The van der Waals surface area contributed by atoms with Crippen LogP contribution in [0.25, 0.3) is 0 Å². The molecule has 0 aromatic carbocycles. The van der Waals surface area contributed by atoms with E-state index in [9.17, 15) is 4.79 Å². The fraction of sp³-hybridized carbons (Fsp3) is 0.917. The number of ether oxygens (including phenoxy) is 1. The largest absolute Gasteiger partial charge is 0.379 e. The van der Waals surface area contributed by atoms with Crippen LogP contribution < -0.4 is 5.73 Å². The monoisotopic (exact) mass is 262 g/mol. The van der Waals surface area contributed by atoms with E-state index in [2.05, 4.69) is 0 Å². The predicted molar refractivity (Wildman–Crippen MR) is 69.2 cm³/mol. The lowest BCUT2D eigenvalue weighted by Crippen LogP contribution is -2.49. The lowest BCUT2D eigenvalue weighted by molar-refractivity contribution is -0.142. The molecule has 1 heterocycles. The van der Waals surface area contributed by atoms with E-state index in [1.54, 1.807) is 0 Å². The first kappa shape index (κ1) is 14.7. The summed E-state index contributed by atoms with van der Waals surface area (Å²) in [5, 5.41) is 0. The molecule has 1 aliphatic heterocycles. The third-order valence-electron chi connectivity index (χ3n) is 4.18. The molecule has 0 radical (unpaired) electrons. The van der Waals surface area contributed by atoms with Gasteiger partial charge in [-0.15, -0.1) is 12.4 Å². The second-order valence-electron chi connectivity index (χ2n) is 5.13. The third-order valence-corrected chi connectivity index (χ3v) is 4.18. The smallest absolute Gasteiger partial charge is 0.230 e. The molecule has 1 unspecified atom stereocenters. The summed E-state index contributed by atoms with van der Waals surface area (Å²) < 4.78 is 5.33. The molecule has 2 fully saturated rings. The van der Waals surface area contributed by atoms with Crippen molar-refractivity contribution in [2.24, 2.45) is 11.1 Å². The third kappa shape index (κ3) is 2.75. The van der Waals surface area contributed by atoms with Crippen molar-refractivity contribution >= 4 is 18.3 Å². The van der Waals surface area contributed by atoms with Gasteiger partial charge in [0.2, 0.25) is 5.91 Å². The Morgan fingerprint density at radius 1 is 1.47 bits per heavy atom. The van der Waals surface area contributed by atoms with Crippen molar-refractivity contribution in [1.82, 2.24) is 4.90 Å². The highest BCUT2D eigenvalue weighted by Gasteiger charge is 2.43. The van der Waals surface area contributed by atoms with E-state index in [0.29, 0.717) is 13.2 Å². The van der Waals surface area contributed by atoms with Crippen LogP contribution in [0.5, 0.6) is 0 Å². The summed E-state index contributed by atoms with van der Waals surface area (Å²) in [6.07, 6.45) is 5.15. The number of nitrogens with two attached hydrogens (primary N) is 1. The summed E-state index contributed by atoms with van der Waals surface area (Å²) in [4.78, 5) is 14.4. The lowest BCUT2D eigenvalue weighted by atomic mass is 9.84. The van der Waals surface area contributed by atoms with Crippen molar-refractivity contribution in [2.75, 3.05) is 26.8 Å². The maximum absolute atomic E-state index is 12.5. The zero-order valence-electron chi connectivity index (χ0n) is 10.5.